The fourth-order valence-electron chi connectivity index (χ4n) is 0.487. The van der Waals surface area contributed by atoms with E-state index in [0.717, 1.165) is 8.79 Å². The fourth-order valence-corrected chi connectivity index (χ4v) is 1.76. The average Bonchev–Trinajstić information content (AvgIpc) is 2.17. The van der Waals surface area contributed by atoms with E-state index in [0.29, 0.717) is 0 Å². The maximum Gasteiger partial charge on any atom is 0.113 e. The van der Waals surface area contributed by atoms with Gasteiger partial charge in [0.15, 0.2) is 0 Å². The summed E-state index contributed by atoms with van der Waals surface area (Å²) in [6.07, 6.45) is 0. The second-order valence-electron chi connectivity index (χ2n) is 1.44. The number of aliphatic hydroxyl groups is 1. The molecular formula is C5H6BrNOS. The van der Waals surface area contributed by atoms with Crippen LogP contribution in [0.25, 0.3) is 0 Å². The standard InChI is InChI=1S/C5H6BrNOS/c6-4-1-2-5(9-4)7-3-8/h1-2,7-8H,3H2. The summed E-state index contributed by atoms with van der Waals surface area (Å²) in [5.74, 6) is 0. The van der Waals surface area contributed by atoms with Crippen LogP contribution in [0.5, 0.6) is 0 Å². The Balaban J connectivity index is 2.61. The molecule has 1 aromatic rings. The van der Waals surface area contributed by atoms with E-state index in [2.05, 4.69) is 21.2 Å². The molecule has 0 aliphatic rings. The maximum atomic E-state index is 8.41. The van der Waals surface area contributed by atoms with E-state index >= 15 is 0 Å². The van der Waals surface area contributed by atoms with E-state index < -0.39 is 0 Å². The molecule has 1 heterocycles. The van der Waals surface area contributed by atoms with Gasteiger partial charge in [-0.3, -0.25) is 0 Å². The summed E-state index contributed by atoms with van der Waals surface area (Å²) in [6.45, 7) is -0.00699. The summed E-state index contributed by atoms with van der Waals surface area (Å²) < 4.78 is 1.07. The van der Waals surface area contributed by atoms with Gasteiger partial charge in [-0.05, 0) is 28.1 Å². The molecule has 0 fully saturated rings. The van der Waals surface area contributed by atoms with Gasteiger partial charge >= 0.3 is 0 Å². The third-order valence-electron chi connectivity index (χ3n) is 0.826. The first-order chi connectivity index (χ1) is 4.33. The number of rotatable bonds is 2. The lowest BCUT2D eigenvalue weighted by Gasteiger charge is -1.93. The molecule has 0 amide bonds. The highest BCUT2D eigenvalue weighted by Crippen LogP contribution is 2.25. The van der Waals surface area contributed by atoms with Gasteiger partial charge in [0.2, 0.25) is 0 Å². The highest BCUT2D eigenvalue weighted by molar-refractivity contribution is 9.11. The molecule has 2 nitrogen and oxygen atoms in total. The minimum Gasteiger partial charge on any atom is -0.377 e. The Morgan fingerprint density at radius 3 is 2.89 bits per heavy atom. The molecule has 0 saturated heterocycles. The van der Waals surface area contributed by atoms with E-state index in [-0.39, 0.29) is 6.73 Å². The number of anilines is 1. The van der Waals surface area contributed by atoms with Crippen molar-refractivity contribution in [2.75, 3.05) is 12.0 Å². The van der Waals surface area contributed by atoms with Gasteiger partial charge in [0, 0.05) is 0 Å². The Kier molecular flexibility index (Phi) is 2.50. The fraction of sp³-hybridized carbons (Fsp3) is 0.200. The van der Waals surface area contributed by atoms with Crippen molar-refractivity contribution < 1.29 is 5.11 Å². The Bertz CT molecular complexity index is 189. The Labute approximate surface area is 65.6 Å². The summed E-state index contributed by atoms with van der Waals surface area (Å²) in [5.41, 5.74) is 0. The van der Waals surface area contributed by atoms with Crippen LogP contribution >= 0.6 is 27.3 Å². The molecule has 0 spiro atoms. The van der Waals surface area contributed by atoms with Crippen LogP contribution in [0, 0.1) is 0 Å². The molecule has 4 heteroatoms. The molecular weight excluding hydrogens is 202 g/mol. The van der Waals surface area contributed by atoms with Crippen LogP contribution < -0.4 is 5.32 Å². The quantitative estimate of drug-likeness (QED) is 0.727. The predicted molar refractivity (Wildman–Crippen MR) is 42.7 cm³/mol. The topological polar surface area (TPSA) is 32.3 Å². The first-order valence-corrected chi connectivity index (χ1v) is 4.04. The Morgan fingerprint density at radius 1 is 1.67 bits per heavy atom. The lowest BCUT2D eigenvalue weighted by molar-refractivity contribution is 0.326. The van der Waals surface area contributed by atoms with Gasteiger partial charge in [-0.25, -0.2) is 0 Å². The van der Waals surface area contributed by atoms with Crippen LogP contribution in [0.4, 0.5) is 5.00 Å². The van der Waals surface area contributed by atoms with E-state index in [1.165, 1.54) is 0 Å². The van der Waals surface area contributed by atoms with Crippen LogP contribution in [0.2, 0.25) is 0 Å². The molecule has 0 bridgehead atoms. The normalized spacial score (nSPS) is 9.56. The van der Waals surface area contributed by atoms with Crippen LogP contribution in [0.15, 0.2) is 15.9 Å². The lowest BCUT2D eigenvalue weighted by atomic mass is 10.6. The van der Waals surface area contributed by atoms with Crippen molar-refractivity contribution in [2.24, 2.45) is 0 Å². The van der Waals surface area contributed by atoms with Crippen LogP contribution in [0.1, 0.15) is 0 Å². The minimum absolute atomic E-state index is 0.00699. The molecule has 50 valence electrons. The number of hydrogen-bond acceptors (Lipinski definition) is 3. The summed E-state index contributed by atoms with van der Waals surface area (Å²) in [4.78, 5) is 0. The molecule has 2 N–H and O–H groups in total. The predicted octanol–water partition coefficient (Wildman–Crippen LogP) is 1.87. The molecule has 9 heavy (non-hydrogen) atoms. The highest BCUT2D eigenvalue weighted by Gasteiger charge is 1.92. The number of aliphatic hydroxyl groups excluding tert-OH is 1. The average molecular weight is 208 g/mol. The van der Waals surface area contributed by atoms with Gasteiger partial charge in [0.25, 0.3) is 0 Å². The number of thiophene rings is 1. The molecule has 1 rings (SSSR count). The Morgan fingerprint density at radius 2 is 2.44 bits per heavy atom. The van der Waals surface area contributed by atoms with E-state index in [1.807, 2.05) is 12.1 Å². The number of hydrogen-bond donors (Lipinski definition) is 2. The molecule has 0 aliphatic heterocycles. The third-order valence-corrected chi connectivity index (χ3v) is 2.41. The van der Waals surface area contributed by atoms with E-state index in [1.54, 1.807) is 11.3 Å². The van der Waals surface area contributed by atoms with Crippen molar-refractivity contribution in [2.45, 2.75) is 0 Å². The van der Waals surface area contributed by atoms with Gasteiger partial charge < -0.3 is 10.4 Å². The lowest BCUT2D eigenvalue weighted by Crippen LogP contribution is -1.95. The minimum atomic E-state index is -0.00699. The summed E-state index contributed by atoms with van der Waals surface area (Å²) in [7, 11) is 0. The van der Waals surface area contributed by atoms with Gasteiger partial charge in [-0.2, -0.15) is 0 Å². The van der Waals surface area contributed by atoms with Gasteiger partial charge in [0.05, 0.1) is 8.79 Å². The van der Waals surface area contributed by atoms with Gasteiger partial charge in [-0.15, -0.1) is 11.3 Å². The second-order valence-corrected chi connectivity index (χ2v) is 3.90. The summed E-state index contributed by atoms with van der Waals surface area (Å²) in [5, 5.41) is 12.2. The zero-order valence-corrected chi connectivity index (χ0v) is 7.00. The van der Waals surface area contributed by atoms with Crippen LogP contribution in [-0.4, -0.2) is 11.8 Å². The van der Waals surface area contributed by atoms with E-state index in [4.69, 9.17) is 5.11 Å². The molecule has 1 aromatic heterocycles. The molecule has 0 aromatic carbocycles. The summed E-state index contributed by atoms with van der Waals surface area (Å²) >= 11 is 4.86. The van der Waals surface area contributed by atoms with Crippen molar-refractivity contribution in [1.82, 2.24) is 0 Å². The van der Waals surface area contributed by atoms with Crippen molar-refractivity contribution in [3.63, 3.8) is 0 Å². The summed E-state index contributed by atoms with van der Waals surface area (Å²) in [6, 6.07) is 3.84. The first-order valence-electron chi connectivity index (χ1n) is 2.43. The monoisotopic (exact) mass is 207 g/mol. The molecule has 0 atom stereocenters. The first kappa shape index (κ1) is 7.05. The van der Waals surface area contributed by atoms with Crippen molar-refractivity contribution >= 4 is 32.3 Å². The zero-order chi connectivity index (χ0) is 6.69. The second kappa shape index (κ2) is 3.20. The highest BCUT2D eigenvalue weighted by atomic mass is 79.9. The molecule has 0 unspecified atom stereocenters. The molecule has 0 radical (unpaired) electrons. The maximum absolute atomic E-state index is 8.41. The van der Waals surface area contributed by atoms with E-state index in [9.17, 15) is 0 Å². The smallest absolute Gasteiger partial charge is 0.113 e. The van der Waals surface area contributed by atoms with Crippen molar-refractivity contribution in [1.29, 1.82) is 0 Å². The van der Waals surface area contributed by atoms with Gasteiger partial charge in [0.1, 0.15) is 6.73 Å². The van der Waals surface area contributed by atoms with Crippen molar-refractivity contribution in [3.05, 3.63) is 15.9 Å². The van der Waals surface area contributed by atoms with Crippen LogP contribution in [-0.2, 0) is 0 Å². The zero-order valence-electron chi connectivity index (χ0n) is 4.60. The van der Waals surface area contributed by atoms with Gasteiger partial charge in [-0.1, -0.05) is 0 Å². The molecule has 0 saturated carbocycles. The van der Waals surface area contributed by atoms with Crippen LogP contribution in [0.3, 0.4) is 0 Å². The third kappa shape index (κ3) is 1.97. The number of nitrogens with one attached hydrogen (secondary N) is 1. The number of halogens is 1. The van der Waals surface area contributed by atoms with Crippen molar-refractivity contribution in [3.8, 4) is 0 Å². The largest absolute Gasteiger partial charge is 0.377 e. The molecule has 0 aliphatic carbocycles. The Hall–Kier alpha value is -0.0600. The SMILES string of the molecule is OCNc1ccc(Br)s1.